The van der Waals surface area contributed by atoms with Crippen LogP contribution in [-0.2, 0) is 11.2 Å². The third kappa shape index (κ3) is 7.03. The van der Waals surface area contributed by atoms with Gasteiger partial charge in [0.25, 0.3) is 0 Å². The Morgan fingerprint density at radius 2 is 1.89 bits per heavy atom. The molecule has 0 aliphatic rings. The summed E-state index contributed by atoms with van der Waals surface area (Å²) in [4.78, 5) is 0. The number of hydrogen-bond acceptors (Lipinski definition) is 3. The summed E-state index contributed by atoms with van der Waals surface area (Å²) in [5.41, 5.74) is 6.65. The van der Waals surface area contributed by atoms with Crippen molar-refractivity contribution in [2.75, 3.05) is 19.8 Å². The van der Waals surface area contributed by atoms with Crippen LogP contribution in [-0.4, -0.2) is 32.0 Å². The van der Waals surface area contributed by atoms with E-state index in [9.17, 15) is 13.2 Å². The van der Waals surface area contributed by atoms with E-state index < -0.39 is 12.8 Å². The molecular weight excluding hydrogens is 259 g/mol. The van der Waals surface area contributed by atoms with Gasteiger partial charge in [0.05, 0.1) is 6.61 Å². The molecule has 0 aliphatic heterocycles. The van der Waals surface area contributed by atoms with E-state index in [-0.39, 0.29) is 19.3 Å². The van der Waals surface area contributed by atoms with E-state index >= 15 is 0 Å². The van der Waals surface area contributed by atoms with Crippen LogP contribution in [0.3, 0.4) is 0 Å². The zero-order valence-electron chi connectivity index (χ0n) is 10.7. The Hall–Kier alpha value is -1.27. The van der Waals surface area contributed by atoms with Gasteiger partial charge < -0.3 is 15.2 Å². The van der Waals surface area contributed by atoms with Crippen molar-refractivity contribution >= 4 is 0 Å². The van der Waals surface area contributed by atoms with E-state index in [1.807, 2.05) is 19.1 Å². The van der Waals surface area contributed by atoms with Crippen LogP contribution in [0.4, 0.5) is 13.2 Å². The van der Waals surface area contributed by atoms with Gasteiger partial charge in [-0.05, 0) is 25.0 Å². The van der Waals surface area contributed by atoms with Crippen LogP contribution in [0.2, 0.25) is 0 Å². The topological polar surface area (TPSA) is 44.5 Å². The first kappa shape index (κ1) is 15.8. The van der Waals surface area contributed by atoms with E-state index in [1.165, 1.54) is 0 Å². The van der Waals surface area contributed by atoms with Gasteiger partial charge in [-0.2, -0.15) is 13.2 Å². The first-order valence-electron chi connectivity index (χ1n) is 5.99. The van der Waals surface area contributed by atoms with Crippen LogP contribution in [0.15, 0.2) is 24.3 Å². The van der Waals surface area contributed by atoms with Crippen molar-refractivity contribution in [3.05, 3.63) is 29.8 Å². The van der Waals surface area contributed by atoms with Crippen LogP contribution in [0.25, 0.3) is 0 Å². The van der Waals surface area contributed by atoms with Crippen LogP contribution >= 0.6 is 0 Å². The molecule has 6 heteroatoms. The molecule has 0 bridgehead atoms. The van der Waals surface area contributed by atoms with Crippen LogP contribution in [0, 0.1) is 0 Å². The summed E-state index contributed by atoms with van der Waals surface area (Å²) >= 11 is 0. The highest BCUT2D eigenvalue weighted by Gasteiger charge is 2.27. The molecule has 19 heavy (non-hydrogen) atoms. The molecule has 2 N–H and O–H groups in total. The van der Waals surface area contributed by atoms with Crippen molar-refractivity contribution in [1.29, 1.82) is 0 Å². The van der Waals surface area contributed by atoms with Crippen LogP contribution in [0.5, 0.6) is 5.75 Å². The lowest BCUT2D eigenvalue weighted by molar-refractivity contribution is -0.175. The maximum Gasteiger partial charge on any atom is 0.411 e. The summed E-state index contributed by atoms with van der Waals surface area (Å²) in [5, 5.41) is 0. The molecule has 3 nitrogen and oxygen atoms in total. The summed E-state index contributed by atoms with van der Waals surface area (Å²) < 4.78 is 45.4. The molecule has 0 aliphatic carbocycles. The number of para-hydroxylation sites is 1. The van der Waals surface area contributed by atoms with Gasteiger partial charge in [-0.1, -0.05) is 18.2 Å². The molecule has 0 saturated heterocycles. The lowest BCUT2D eigenvalue weighted by Gasteiger charge is -2.13. The minimum absolute atomic E-state index is 0.00812. The Kier molecular flexibility index (Phi) is 6.11. The van der Waals surface area contributed by atoms with Gasteiger partial charge in [-0.25, -0.2) is 0 Å². The van der Waals surface area contributed by atoms with Crippen molar-refractivity contribution in [1.82, 2.24) is 0 Å². The molecule has 1 unspecified atom stereocenters. The number of nitrogens with two attached hydrogens (primary N) is 1. The third-order valence-electron chi connectivity index (χ3n) is 2.27. The van der Waals surface area contributed by atoms with Crippen LogP contribution < -0.4 is 10.5 Å². The Bertz CT molecular complexity index is 380. The quantitative estimate of drug-likeness (QED) is 0.779. The third-order valence-corrected chi connectivity index (χ3v) is 2.27. The van der Waals surface area contributed by atoms with E-state index in [0.717, 1.165) is 5.56 Å². The van der Waals surface area contributed by atoms with Gasteiger partial charge in [0.15, 0.2) is 0 Å². The minimum atomic E-state index is -4.30. The molecule has 1 aromatic carbocycles. The Morgan fingerprint density at radius 3 is 2.53 bits per heavy atom. The lowest BCUT2D eigenvalue weighted by atomic mass is 10.1. The summed E-state index contributed by atoms with van der Waals surface area (Å²) in [7, 11) is 0. The van der Waals surface area contributed by atoms with Gasteiger partial charge in [-0.3, -0.25) is 0 Å². The summed E-state index contributed by atoms with van der Waals surface area (Å²) in [5.74, 6) is 0.635. The van der Waals surface area contributed by atoms with Crippen molar-refractivity contribution in [3.63, 3.8) is 0 Å². The highest BCUT2D eigenvalue weighted by Crippen LogP contribution is 2.19. The highest BCUT2D eigenvalue weighted by atomic mass is 19.4. The smallest absolute Gasteiger partial charge is 0.411 e. The molecule has 1 aromatic rings. The maximum atomic E-state index is 11.8. The van der Waals surface area contributed by atoms with E-state index in [1.54, 1.807) is 12.1 Å². The Morgan fingerprint density at radius 1 is 1.21 bits per heavy atom. The first-order chi connectivity index (χ1) is 8.88. The van der Waals surface area contributed by atoms with Crippen molar-refractivity contribution in [2.45, 2.75) is 25.6 Å². The SMILES string of the molecule is CC(N)Cc1ccccc1OCCOCC(F)(F)F. The number of benzene rings is 1. The van der Waals surface area contributed by atoms with Gasteiger partial charge >= 0.3 is 6.18 Å². The van der Waals surface area contributed by atoms with E-state index in [0.29, 0.717) is 12.2 Å². The number of rotatable bonds is 7. The molecular formula is C13H18F3NO2. The zero-order chi connectivity index (χ0) is 14.3. The normalized spacial score (nSPS) is 13.3. The van der Waals surface area contributed by atoms with Gasteiger partial charge in [0.2, 0.25) is 0 Å². The molecule has 0 spiro atoms. The molecule has 0 radical (unpaired) electrons. The number of ether oxygens (including phenoxy) is 2. The molecule has 0 saturated carbocycles. The predicted molar refractivity (Wildman–Crippen MR) is 66.2 cm³/mol. The fourth-order valence-electron chi connectivity index (χ4n) is 1.56. The second-order valence-corrected chi connectivity index (χ2v) is 4.31. The number of alkyl halides is 3. The van der Waals surface area contributed by atoms with Crippen molar-refractivity contribution < 1.29 is 22.6 Å². The van der Waals surface area contributed by atoms with Gasteiger partial charge in [-0.15, -0.1) is 0 Å². The summed E-state index contributed by atoms with van der Waals surface area (Å²) in [6, 6.07) is 7.31. The molecule has 108 valence electrons. The summed E-state index contributed by atoms with van der Waals surface area (Å²) in [6.07, 6.45) is -3.65. The monoisotopic (exact) mass is 277 g/mol. The molecule has 0 aromatic heterocycles. The average Bonchev–Trinajstić information content (AvgIpc) is 2.28. The molecule has 1 rings (SSSR count). The number of halogens is 3. The molecule has 0 heterocycles. The second kappa shape index (κ2) is 7.35. The standard InChI is InChI=1S/C13H18F3NO2/c1-10(17)8-11-4-2-3-5-12(11)19-7-6-18-9-13(14,15)16/h2-5,10H,6-9,17H2,1H3. The molecule has 0 amide bonds. The average molecular weight is 277 g/mol. The highest BCUT2D eigenvalue weighted by molar-refractivity contribution is 5.33. The van der Waals surface area contributed by atoms with Gasteiger partial charge in [0.1, 0.15) is 19.0 Å². The fourth-order valence-corrected chi connectivity index (χ4v) is 1.56. The zero-order valence-corrected chi connectivity index (χ0v) is 10.7. The molecule has 1 atom stereocenters. The summed E-state index contributed by atoms with van der Waals surface area (Å²) in [6.45, 7) is 0.596. The largest absolute Gasteiger partial charge is 0.491 e. The second-order valence-electron chi connectivity index (χ2n) is 4.31. The Balaban J connectivity index is 2.36. The van der Waals surface area contributed by atoms with Crippen molar-refractivity contribution in [3.8, 4) is 5.75 Å². The maximum absolute atomic E-state index is 11.8. The van der Waals surface area contributed by atoms with E-state index in [2.05, 4.69) is 4.74 Å². The van der Waals surface area contributed by atoms with Crippen molar-refractivity contribution in [2.24, 2.45) is 5.73 Å². The van der Waals surface area contributed by atoms with Crippen LogP contribution in [0.1, 0.15) is 12.5 Å². The minimum Gasteiger partial charge on any atom is -0.491 e. The predicted octanol–water partition coefficient (Wildman–Crippen LogP) is 2.53. The Labute approximate surface area is 110 Å². The lowest BCUT2D eigenvalue weighted by Crippen LogP contribution is -2.20. The fraction of sp³-hybridized carbons (Fsp3) is 0.538. The molecule has 0 fully saturated rings. The number of hydrogen-bond donors (Lipinski definition) is 1. The van der Waals surface area contributed by atoms with E-state index in [4.69, 9.17) is 10.5 Å². The first-order valence-corrected chi connectivity index (χ1v) is 5.99. The van der Waals surface area contributed by atoms with Gasteiger partial charge in [0, 0.05) is 6.04 Å².